The van der Waals surface area contributed by atoms with Crippen LogP contribution in [0.2, 0.25) is 0 Å². The van der Waals surface area contributed by atoms with Crippen LogP contribution in [0.1, 0.15) is 25.5 Å². The largest absolute Gasteiger partial charge is 0.353 e. The van der Waals surface area contributed by atoms with Crippen molar-refractivity contribution in [2.45, 2.75) is 31.7 Å². The van der Waals surface area contributed by atoms with Gasteiger partial charge >= 0.3 is 0 Å². The third-order valence-electron chi connectivity index (χ3n) is 3.51. The quantitative estimate of drug-likeness (QED) is 0.774. The van der Waals surface area contributed by atoms with Gasteiger partial charge in [0.15, 0.2) is 0 Å². The minimum atomic E-state index is 0.472. The molecule has 0 amide bonds. The van der Waals surface area contributed by atoms with E-state index in [1.165, 1.54) is 23.6 Å². The average molecular weight is 261 g/mol. The number of halogens is 1. The van der Waals surface area contributed by atoms with Crippen molar-refractivity contribution < 1.29 is 0 Å². The van der Waals surface area contributed by atoms with Gasteiger partial charge in [-0.15, -0.1) is 11.6 Å². The van der Waals surface area contributed by atoms with Crippen LogP contribution >= 0.6 is 11.6 Å². The van der Waals surface area contributed by atoms with Crippen LogP contribution < -0.4 is 4.90 Å². The molecule has 0 aliphatic heterocycles. The summed E-state index contributed by atoms with van der Waals surface area (Å²) in [7, 11) is 0. The van der Waals surface area contributed by atoms with Gasteiger partial charge in [0.25, 0.3) is 0 Å². The molecule has 0 saturated heterocycles. The summed E-state index contributed by atoms with van der Waals surface area (Å²) in [5, 5.41) is 2.47. The molecule has 0 radical (unpaired) electrons. The number of alkyl halides is 1. The van der Waals surface area contributed by atoms with Crippen LogP contribution in [0.25, 0.3) is 10.8 Å². The lowest BCUT2D eigenvalue weighted by molar-refractivity contribution is 0.810. The van der Waals surface area contributed by atoms with Crippen molar-refractivity contribution in [1.29, 1.82) is 0 Å². The lowest BCUT2D eigenvalue weighted by Crippen LogP contribution is -2.26. The highest BCUT2D eigenvalue weighted by Gasteiger charge is 2.29. The number of hydrogen-bond acceptors (Lipinski definition) is 2. The lowest BCUT2D eigenvalue weighted by Gasteiger charge is -2.23. The van der Waals surface area contributed by atoms with Crippen LogP contribution in [0.15, 0.2) is 30.3 Å². The number of hydrogen-bond donors (Lipinski definition) is 0. The topological polar surface area (TPSA) is 16.1 Å². The molecule has 1 saturated carbocycles. The van der Waals surface area contributed by atoms with Gasteiger partial charge in [-0.2, -0.15) is 0 Å². The number of benzene rings is 1. The molecule has 0 unspecified atom stereocenters. The first kappa shape index (κ1) is 11.8. The Labute approximate surface area is 113 Å². The van der Waals surface area contributed by atoms with E-state index in [1.54, 1.807) is 0 Å². The van der Waals surface area contributed by atoms with Gasteiger partial charge in [0.2, 0.25) is 0 Å². The van der Waals surface area contributed by atoms with Crippen molar-refractivity contribution in [3.05, 3.63) is 36.0 Å². The summed E-state index contributed by atoms with van der Waals surface area (Å²) in [6.07, 6.45) is 2.57. The molecule has 1 heterocycles. The predicted octanol–water partition coefficient (Wildman–Crippen LogP) is 3.96. The summed E-state index contributed by atoms with van der Waals surface area (Å²) in [4.78, 5) is 7.16. The Hall–Kier alpha value is -1.28. The van der Waals surface area contributed by atoms with E-state index in [2.05, 4.69) is 42.2 Å². The SMILES string of the molecule is CCN(c1nc(CCl)cc2ccccc12)C1CC1. The molecule has 18 heavy (non-hydrogen) atoms. The first-order chi connectivity index (χ1) is 8.83. The summed E-state index contributed by atoms with van der Waals surface area (Å²) >= 11 is 5.96. The normalized spacial score (nSPS) is 15.0. The molecule has 0 spiro atoms. The Morgan fingerprint density at radius 2 is 2.11 bits per heavy atom. The molecule has 0 atom stereocenters. The maximum absolute atomic E-state index is 5.96. The van der Waals surface area contributed by atoms with E-state index < -0.39 is 0 Å². The molecule has 3 heteroatoms. The molecular weight excluding hydrogens is 244 g/mol. The zero-order valence-corrected chi connectivity index (χ0v) is 11.3. The van der Waals surface area contributed by atoms with Crippen LogP contribution in [0.3, 0.4) is 0 Å². The van der Waals surface area contributed by atoms with Crippen LogP contribution in [0.4, 0.5) is 5.82 Å². The summed E-state index contributed by atoms with van der Waals surface area (Å²) in [6, 6.07) is 11.2. The van der Waals surface area contributed by atoms with Crippen LogP contribution in [0, 0.1) is 0 Å². The van der Waals surface area contributed by atoms with Gasteiger partial charge in [-0.1, -0.05) is 24.3 Å². The fourth-order valence-corrected chi connectivity index (χ4v) is 2.63. The van der Waals surface area contributed by atoms with Crippen molar-refractivity contribution in [2.75, 3.05) is 11.4 Å². The molecule has 3 rings (SSSR count). The minimum Gasteiger partial charge on any atom is -0.353 e. The van der Waals surface area contributed by atoms with Crippen molar-refractivity contribution in [3.63, 3.8) is 0 Å². The van der Waals surface area contributed by atoms with Crippen LogP contribution in [-0.4, -0.2) is 17.6 Å². The second-order valence-electron chi connectivity index (χ2n) is 4.81. The number of aromatic nitrogens is 1. The monoisotopic (exact) mass is 260 g/mol. The van der Waals surface area contributed by atoms with Gasteiger partial charge in [0.05, 0.1) is 11.6 Å². The molecular formula is C15H17ClN2. The molecule has 1 aromatic carbocycles. The van der Waals surface area contributed by atoms with Crippen LogP contribution in [-0.2, 0) is 5.88 Å². The van der Waals surface area contributed by atoms with Gasteiger partial charge < -0.3 is 4.90 Å². The fraction of sp³-hybridized carbons (Fsp3) is 0.400. The Bertz CT molecular complexity index is 563. The van der Waals surface area contributed by atoms with Crippen LogP contribution in [0.5, 0.6) is 0 Å². The summed E-state index contributed by atoms with van der Waals surface area (Å²) in [6.45, 7) is 3.20. The average Bonchev–Trinajstić information content (AvgIpc) is 3.24. The van der Waals surface area contributed by atoms with Gasteiger partial charge in [0, 0.05) is 18.0 Å². The lowest BCUT2D eigenvalue weighted by atomic mass is 10.1. The molecule has 2 nitrogen and oxygen atoms in total. The molecule has 0 N–H and O–H groups in total. The second-order valence-corrected chi connectivity index (χ2v) is 5.08. The zero-order valence-electron chi connectivity index (χ0n) is 10.6. The van der Waals surface area contributed by atoms with Crippen molar-refractivity contribution >= 4 is 28.2 Å². The Kier molecular flexibility index (Phi) is 3.13. The van der Waals surface area contributed by atoms with E-state index in [0.717, 1.165) is 18.1 Å². The Morgan fingerprint density at radius 1 is 1.33 bits per heavy atom. The molecule has 1 aliphatic rings. The van der Waals surface area contributed by atoms with Gasteiger partial charge in [-0.05, 0) is 31.2 Å². The fourth-order valence-electron chi connectivity index (χ4n) is 2.49. The van der Waals surface area contributed by atoms with Gasteiger partial charge in [-0.3, -0.25) is 0 Å². The summed E-state index contributed by atoms with van der Waals surface area (Å²) in [5.41, 5.74) is 0.962. The molecule has 1 aliphatic carbocycles. The molecule has 94 valence electrons. The maximum atomic E-state index is 5.96. The zero-order chi connectivity index (χ0) is 12.5. The molecule has 1 fully saturated rings. The predicted molar refractivity (Wildman–Crippen MR) is 77.3 cm³/mol. The Balaban J connectivity index is 2.18. The minimum absolute atomic E-state index is 0.472. The number of fused-ring (bicyclic) bond motifs is 1. The molecule has 0 bridgehead atoms. The standard InChI is InChI=1S/C15H17ClN2/c1-2-18(13-7-8-13)15-14-6-4-3-5-11(14)9-12(10-16)17-15/h3-6,9,13H,2,7-8,10H2,1H3. The van der Waals surface area contributed by atoms with E-state index >= 15 is 0 Å². The smallest absolute Gasteiger partial charge is 0.137 e. The first-order valence-electron chi connectivity index (χ1n) is 6.54. The third kappa shape index (κ3) is 2.05. The summed E-state index contributed by atoms with van der Waals surface area (Å²) < 4.78 is 0. The number of nitrogens with zero attached hydrogens (tertiary/aromatic N) is 2. The van der Waals surface area contributed by atoms with E-state index in [4.69, 9.17) is 16.6 Å². The van der Waals surface area contributed by atoms with Crippen molar-refractivity contribution in [1.82, 2.24) is 4.98 Å². The molecule has 2 aromatic rings. The Morgan fingerprint density at radius 3 is 2.78 bits per heavy atom. The molecule has 1 aromatic heterocycles. The second kappa shape index (κ2) is 4.77. The maximum Gasteiger partial charge on any atom is 0.137 e. The number of anilines is 1. The first-order valence-corrected chi connectivity index (χ1v) is 7.08. The van der Waals surface area contributed by atoms with E-state index in [0.29, 0.717) is 11.9 Å². The highest BCUT2D eigenvalue weighted by atomic mass is 35.5. The van der Waals surface area contributed by atoms with E-state index in [1.807, 2.05) is 0 Å². The van der Waals surface area contributed by atoms with Crippen molar-refractivity contribution in [2.24, 2.45) is 0 Å². The highest BCUT2D eigenvalue weighted by Crippen LogP contribution is 2.34. The van der Waals surface area contributed by atoms with E-state index in [9.17, 15) is 0 Å². The third-order valence-corrected chi connectivity index (χ3v) is 3.78. The summed E-state index contributed by atoms with van der Waals surface area (Å²) in [5.74, 6) is 1.58. The van der Waals surface area contributed by atoms with Crippen molar-refractivity contribution in [3.8, 4) is 0 Å². The van der Waals surface area contributed by atoms with Gasteiger partial charge in [-0.25, -0.2) is 4.98 Å². The van der Waals surface area contributed by atoms with E-state index in [-0.39, 0.29) is 0 Å². The van der Waals surface area contributed by atoms with Gasteiger partial charge in [0.1, 0.15) is 5.82 Å². The number of rotatable bonds is 4. The number of pyridine rings is 1. The highest BCUT2D eigenvalue weighted by molar-refractivity contribution is 6.17.